The van der Waals surface area contributed by atoms with Gasteiger partial charge in [-0.05, 0) is 37.1 Å². The number of benzene rings is 1. The average molecular weight is 242 g/mol. The Kier molecular flexibility index (Phi) is 2.63. The lowest BCUT2D eigenvalue weighted by atomic mass is 10.1. The first-order valence-corrected chi connectivity index (χ1v) is 6.02. The van der Waals surface area contributed by atoms with Gasteiger partial charge in [0.1, 0.15) is 5.75 Å². The van der Waals surface area contributed by atoms with Gasteiger partial charge in [0.2, 0.25) is 0 Å². The fourth-order valence-electron chi connectivity index (χ4n) is 1.77. The average Bonchev–Trinajstić information content (AvgIpc) is 3.09. The van der Waals surface area contributed by atoms with E-state index in [-0.39, 0.29) is 5.78 Å². The topological polar surface area (TPSA) is 44.1 Å². The molecule has 0 spiro atoms. The summed E-state index contributed by atoms with van der Waals surface area (Å²) in [7, 11) is 1.79. The molecule has 1 saturated carbocycles. The van der Waals surface area contributed by atoms with Crippen molar-refractivity contribution in [3.05, 3.63) is 47.8 Å². The van der Waals surface area contributed by atoms with Gasteiger partial charge < -0.3 is 4.74 Å². The minimum atomic E-state index is -0.0129. The van der Waals surface area contributed by atoms with Crippen LogP contribution in [0.4, 0.5) is 0 Å². The van der Waals surface area contributed by atoms with Crippen LogP contribution in [0.25, 0.3) is 0 Å². The molecule has 1 aromatic heterocycles. The SMILES string of the molecule is Cn1cc(C(=O)c2ccc(OC3CC3)cc2)cn1. The van der Waals surface area contributed by atoms with Gasteiger partial charge in [-0.15, -0.1) is 0 Å². The number of nitrogens with zero attached hydrogens (tertiary/aromatic N) is 2. The number of rotatable bonds is 4. The molecular weight excluding hydrogens is 228 g/mol. The molecule has 2 aromatic rings. The van der Waals surface area contributed by atoms with E-state index in [4.69, 9.17) is 4.74 Å². The molecule has 18 heavy (non-hydrogen) atoms. The van der Waals surface area contributed by atoms with Gasteiger partial charge in [-0.3, -0.25) is 9.48 Å². The zero-order valence-corrected chi connectivity index (χ0v) is 10.2. The molecule has 1 heterocycles. The Bertz CT molecular complexity index is 568. The summed E-state index contributed by atoms with van der Waals surface area (Å²) in [6.07, 6.45) is 5.95. The summed E-state index contributed by atoms with van der Waals surface area (Å²) < 4.78 is 7.26. The highest BCUT2D eigenvalue weighted by Gasteiger charge is 2.23. The van der Waals surface area contributed by atoms with E-state index in [2.05, 4.69) is 5.10 Å². The Morgan fingerprint density at radius 1 is 1.28 bits per heavy atom. The first kappa shape index (κ1) is 11.0. The summed E-state index contributed by atoms with van der Waals surface area (Å²) in [6.45, 7) is 0. The predicted octanol–water partition coefficient (Wildman–Crippen LogP) is 2.19. The maximum absolute atomic E-state index is 12.1. The molecule has 1 aliphatic carbocycles. The van der Waals surface area contributed by atoms with Gasteiger partial charge >= 0.3 is 0 Å². The van der Waals surface area contributed by atoms with Crippen LogP contribution < -0.4 is 4.74 Å². The van der Waals surface area contributed by atoms with Gasteiger partial charge in [-0.25, -0.2) is 0 Å². The lowest BCUT2D eigenvalue weighted by Crippen LogP contribution is -2.01. The van der Waals surface area contributed by atoms with Crippen LogP contribution in [-0.4, -0.2) is 21.7 Å². The highest BCUT2D eigenvalue weighted by Crippen LogP contribution is 2.26. The molecule has 1 aliphatic rings. The Labute approximate surface area is 105 Å². The van der Waals surface area contributed by atoms with Crippen molar-refractivity contribution in [1.29, 1.82) is 0 Å². The molecule has 1 fully saturated rings. The number of aromatic nitrogens is 2. The van der Waals surface area contributed by atoms with Gasteiger partial charge in [0.05, 0.1) is 17.9 Å². The second-order valence-electron chi connectivity index (χ2n) is 4.57. The smallest absolute Gasteiger partial charge is 0.196 e. The summed E-state index contributed by atoms with van der Waals surface area (Å²) in [5.41, 5.74) is 1.26. The number of hydrogen-bond donors (Lipinski definition) is 0. The third-order valence-corrected chi connectivity index (χ3v) is 2.91. The third-order valence-electron chi connectivity index (χ3n) is 2.91. The Morgan fingerprint density at radius 2 is 2.00 bits per heavy atom. The predicted molar refractivity (Wildman–Crippen MR) is 66.7 cm³/mol. The van der Waals surface area contributed by atoms with E-state index in [0.717, 1.165) is 18.6 Å². The lowest BCUT2D eigenvalue weighted by molar-refractivity contribution is 0.103. The molecule has 4 heteroatoms. The van der Waals surface area contributed by atoms with Gasteiger partial charge in [0.25, 0.3) is 0 Å². The summed E-state index contributed by atoms with van der Waals surface area (Å²) in [5.74, 6) is 0.821. The number of ether oxygens (including phenoxy) is 1. The second-order valence-corrected chi connectivity index (χ2v) is 4.57. The maximum atomic E-state index is 12.1. The standard InChI is InChI=1S/C14H14N2O2/c1-16-9-11(8-15-16)14(17)10-2-4-12(5-3-10)18-13-6-7-13/h2-5,8-9,13H,6-7H2,1H3. The molecule has 1 aromatic carbocycles. The largest absolute Gasteiger partial charge is 0.490 e. The molecular formula is C14H14N2O2. The van der Waals surface area contributed by atoms with Gasteiger partial charge in [0.15, 0.2) is 5.78 Å². The minimum absolute atomic E-state index is 0.0129. The van der Waals surface area contributed by atoms with Crippen molar-refractivity contribution in [3.8, 4) is 5.75 Å². The maximum Gasteiger partial charge on any atom is 0.196 e. The van der Waals surface area contributed by atoms with E-state index in [1.54, 1.807) is 36.3 Å². The van der Waals surface area contributed by atoms with Crippen LogP contribution in [0.15, 0.2) is 36.7 Å². The third kappa shape index (κ3) is 2.27. The van der Waals surface area contributed by atoms with Gasteiger partial charge in [-0.2, -0.15) is 5.10 Å². The van der Waals surface area contributed by atoms with E-state index < -0.39 is 0 Å². The molecule has 0 aliphatic heterocycles. The molecule has 3 rings (SSSR count). The quantitative estimate of drug-likeness (QED) is 0.772. The van der Waals surface area contributed by atoms with Crippen LogP contribution in [-0.2, 0) is 7.05 Å². The number of carbonyl (C=O) groups excluding carboxylic acids is 1. The van der Waals surface area contributed by atoms with E-state index >= 15 is 0 Å². The van der Waals surface area contributed by atoms with Gasteiger partial charge in [-0.1, -0.05) is 0 Å². The second kappa shape index (κ2) is 4.29. The van der Waals surface area contributed by atoms with Crippen molar-refractivity contribution in [2.45, 2.75) is 18.9 Å². The molecule has 0 amide bonds. The zero-order chi connectivity index (χ0) is 12.5. The van der Waals surface area contributed by atoms with Crippen molar-refractivity contribution in [1.82, 2.24) is 9.78 Å². The Morgan fingerprint density at radius 3 is 2.56 bits per heavy atom. The van der Waals surface area contributed by atoms with Crippen LogP contribution in [0.2, 0.25) is 0 Å². The summed E-state index contributed by atoms with van der Waals surface area (Å²) in [6, 6.07) is 7.30. The van der Waals surface area contributed by atoms with Crippen molar-refractivity contribution in [2.24, 2.45) is 7.05 Å². The van der Waals surface area contributed by atoms with Crippen LogP contribution in [0.5, 0.6) is 5.75 Å². The first-order chi connectivity index (χ1) is 8.72. The molecule has 0 unspecified atom stereocenters. The molecule has 0 atom stereocenters. The van der Waals surface area contributed by atoms with Crippen LogP contribution in [0.3, 0.4) is 0 Å². The van der Waals surface area contributed by atoms with Crippen molar-refractivity contribution in [3.63, 3.8) is 0 Å². The monoisotopic (exact) mass is 242 g/mol. The Hall–Kier alpha value is -2.10. The fourth-order valence-corrected chi connectivity index (χ4v) is 1.77. The number of carbonyl (C=O) groups is 1. The Balaban J connectivity index is 1.77. The fraction of sp³-hybridized carbons (Fsp3) is 0.286. The highest BCUT2D eigenvalue weighted by atomic mass is 16.5. The van der Waals surface area contributed by atoms with Crippen LogP contribution in [0.1, 0.15) is 28.8 Å². The number of hydrogen-bond acceptors (Lipinski definition) is 3. The van der Waals surface area contributed by atoms with Crippen LogP contribution >= 0.6 is 0 Å². The molecule has 0 saturated heterocycles. The molecule has 4 nitrogen and oxygen atoms in total. The van der Waals surface area contributed by atoms with Crippen LogP contribution in [0, 0.1) is 0 Å². The number of ketones is 1. The van der Waals surface area contributed by atoms with Gasteiger partial charge in [0, 0.05) is 18.8 Å². The molecule has 92 valence electrons. The lowest BCUT2D eigenvalue weighted by Gasteiger charge is -2.04. The van der Waals surface area contributed by atoms with Crippen molar-refractivity contribution >= 4 is 5.78 Å². The summed E-state index contributed by atoms with van der Waals surface area (Å²) in [5, 5.41) is 4.00. The molecule has 0 N–H and O–H groups in total. The summed E-state index contributed by atoms with van der Waals surface area (Å²) >= 11 is 0. The van der Waals surface area contributed by atoms with E-state index in [1.165, 1.54) is 0 Å². The zero-order valence-electron chi connectivity index (χ0n) is 10.2. The normalized spacial score (nSPS) is 14.5. The minimum Gasteiger partial charge on any atom is -0.490 e. The van der Waals surface area contributed by atoms with E-state index in [9.17, 15) is 4.79 Å². The van der Waals surface area contributed by atoms with E-state index in [0.29, 0.717) is 17.2 Å². The highest BCUT2D eigenvalue weighted by molar-refractivity contribution is 6.08. The molecule has 0 radical (unpaired) electrons. The number of aryl methyl sites for hydroxylation is 1. The van der Waals surface area contributed by atoms with Crippen molar-refractivity contribution < 1.29 is 9.53 Å². The first-order valence-electron chi connectivity index (χ1n) is 6.02. The summed E-state index contributed by atoms with van der Waals surface area (Å²) in [4.78, 5) is 12.1. The van der Waals surface area contributed by atoms with E-state index in [1.807, 2.05) is 12.1 Å². The van der Waals surface area contributed by atoms with Crippen molar-refractivity contribution in [2.75, 3.05) is 0 Å². The molecule has 0 bridgehead atoms.